The molecule has 0 saturated carbocycles. The van der Waals surface area contributed by atoms with Crippen LogP contribution in [0.25, 0.3) is 22.0 Å². The van der Waals surface area contributed by atoms with Crippen molar-refractivity contribution in [2.75, 3.05) is 6.61 Å². The lowest BCUT2D eigenvalue weighted by molar-refractivity contribution is 0.0763. The lowest BCUT2D eigenvalue weighted by Crippen LogP contribution is -2.24. The van der Waals surface area contributed by atoms with E-state index in [1.165, 1.54) is 6.07 Å². The largest absolute Gasteiger partial charge is 0.493 e. The number of benzene rings is 2. The molecule has 168 valence electrons. The molecule has 2 aromatic carbocycles. The summed E-state index contributed by atoms with van der Waals surface area (Å²) in [5.41, 5.74) is 4.10. The predicted molar refractivity (Wildman–Crippen MR) is 124 cm³/mol. The van der Waals surface area contributed by atoms with Crippen molar-refractivity contribution in [1.82, 2.24) is 19.7 Å². The number of pyridine rings is 1. The van der Waals surface area contributed by atoms with Crippen LogP contribution in [0.2, 0.25) is 0 Å². The molecule has 0 saturated heterocycles. The molecule has 0 spiro atoms. The Bertz CT molecular complexity index is 1360. The molecule has 6 nitrogen and oxygen atoms in total. The van der Waals surface area contributed by atoms with E-state index in [0.717, 1.165) is 16.5 Å². The number of amides is 1. The van der Waals surface area contributed by atoms with Crippen LogP contribution in [-0.4, -0.2) is 32.2 Å². The number of hydrogen-bond donors (Lipinski definition) is 0. The lowest BCUT2D eigenvalue weighted by Gasteiger charge is -2.20. The molecule has 0 aliphatic carbocycles. The monoisotopic (exact) mass is 444 g/mol. The molecule has 0 radical (unpaired) electrons. The molecule has 0 N–H and O–H groups in total. The van der Waals surface area contributed by atoms with E-state index in [1.807, 2.05) is 51.4 Å². The van der Waals surface area contributed by atoms with Crippen LogP contribution >= 0.6 is 0 Å². The molecule has 7 heteroatoms. The van der Waals surface area contributed by atoms with Crippen molar-refractivity contribution in [3.05, 3.63) is 77.5 Å². The highest BCUT2D eigenvalue weighted by molar-refractivity contribution is 5.98. The van der Waals surface area contributed by atoms with Crippen molar-refractivity contribution < 1.29 is 13.9 Å². The van der Waals surface area contributed by atoms with Crippen molar-refractivity contribution in [2.24, 2.45) is 13.0 Å². The van der Waals surface area contributed by atoms with Crippen LogP contribution in [0.3, 0.4) is 0 Å². The first-order valence-corrected chi connectivity index (χ1v) is 11.0. The van der Waals surface area contributed by atoms with Gasteiger partial charge in [-0.25, -0.2) is 4.39 Å². The van der Waals surface area contributed by atoms with Crippen LogP contribution in [0.1, 0.15) is 35.5 Å². The van der Waals surface area contributed by atoms with Gasteiger partial charge in [0.15, 0.2) is 0 Å². The predicted octanol–water partition coefficient (Wildman–Crippen LogP) is 4.97. The van der Waals surface area contributed by atoms with Gasteiger partial charge < -0.3 is 9.64 Å². The van der Waals surface area contributed by atoms with Crippen LogP contribution in [-0.2, 0) is 20.1 Å². The summed E-state index contributed by atoms with van der Waals surface area (Å²) in [4.78, 5) is 18.7. The molecule has 0 atom stereocenters. The first-order valence-electron chi connectivity index (χ1n) is 11.0. The standard InChI is InChI=1S/C26H25FN4O2/c1-16(2)15-33-25-11-17(18-6-4-8-23-20(18)12-30(3)29-23)10-22(27)21(25)13-31-14-24-19(26(31)32)7-5-9-28-24/h4-12,16H,13-15H2,1-3H3. The van der Waals surface area contributed by atoms with Crippen LogP contribution in [0.15, 0.2) is 54.9 Å². The minimum Gasteiger partial charge on any atom is -0.493 e. The van der Waals surface area contributed by atoms with Crippen molar-refractivity contribution in [1.29, 1.82) is 0 Å². The zero-order chi connectivity index (χ0) is 23.1. The maximum Gasteiger partial charge on any atom is 0.256 e. The quantitative estimate of drug-likeness (QED) is 0.422. The van der Waals surface area contributed by atoms with Gasteiger partial charge in [0.05, 0.1) is 36.5 Å². The Hall–Kier alpha value is -3.74. The number of nitrogens with zero attached hydrogens (tertiary/aromatic N) is 4. The molecule has 33 heavy (non-hydrogen) atoms. The van der Waals surface area contributed by atoms with E-state index in [9.17, 15) is 4.79 Å². The number of carbonyl (C=O) groups is 1. The summed E-state index contributed by atoms with van der Waals surface area (Å²) in [6.45, 7) is 5.01. The molecule has 3 heterocycles. The molecule has 1 amide bonds. The molecule has 0 bridgehead atoms. The molecule has 0 unspecified atom stereocenters. The Morgan fingerprint density at radius 2 is 1.97 bits per heavy atom. The van der Waals surface area contributed by atoms with Gasteiger partial charge in [0.25, 0.3) is 5.91 Å². The number of rotatable bonds is 6. The lowest BCUT2D eigenvalue weighted by atomic mass is 9.99. The molecule has 0 fully saturated rings. The number of aromatic nitrogens is 3. The van der Waals surface area contributed by atoms with Gasteiger partial charge in [0, 0.05) is 30.4 Å². The van der Waals surface area contributed by atoms with Crippen LogP contribution in [0.5, 0.6) is 5.75 Å². The number of hydrogen-bond acceptors (Lipinski definition) is 4. The fourth-order valence-electron chi connectivity index (χ4n) is 4.22. The average Bonchev–Trinajstić information content (AvgIpc) is 3.32. The molecule has 1 aliphatic rings. The normalized spacial score (nSPS) is 13.2. The maximum atomic E-state index is 15.6. The van der Waals surface area contributed by atoms with Gasteiger partial charge >= 0.3 is 0 Å². The SMILES string of the molecule is CC(C)COc1cc(-c2cccc3nn(C)cc23)cc(F)c1CN1Cc2ncccc2C1=O. The smallest absolute Gasteiger partial charge is 0.256 e. The topological polar surface area (TPSA) is 60.2 Å². The highest BCUT2D eigenvalue weighted by Gasteiger charge is 2.30. The number of carbonyl (C=O) groups excluding carboxylic acids is 1. The zero-order valence-corrected chi connectivity index (χ0v) is 18.9. The summed E-state index contributed by atoms with van der Waals surface area (Å²) in [6, 6.07) is 12.7. The van der Waals surface area contributed by atoms with E-state index in [2.05, 4.69) is 10.1 Å². The third-order valence-corrected chi connectivity index (χ3v) is 5.80. The van der Waals surface area contributed by atoms with Crippen LogP contribution < -0.4 is 4.74 Å². The molecule has 1 aliphatic heterocycles. The molecule has 2 aromatic heterocycles. The van der Waals surface area contributed by atoms with Crippen LogP contribution in [0, 0.1) is 11.7 Å². The minimum atomic E-state index is -0.399. The number of ether oxygens (including phenoxy) is 1. The highest BCUT2D eigenvalue weighted by Crippen LogP contribution is 2.35. The van der Waals surface area contributed by atoms with Crippen molar-refractivity contribution in [2.45, 2.75) is 26.9 Å². The third-order valence-electron chi connectivity index (χ3n) is 5.80. The fraction of sp³-hybridized carbons (Fsp3) is 0.269. The summed E-state index contributed by atoms with van der Waals surface area (Å²) in [5, 5.41) is 5.40. The summed E-state index contributed by atoms with van der Waals surface area (Å²) in [5.74, 6) is 0.185. The van der Waals surface area contributed by atoms with E-state index < -0.39 is 5.82 Å². The third kappa shape index (κ3) is 3.95. The Kier molecular flexibility index (Phi) is 5.32. The Labute approximate surface area is 191 Å². The number of aryl methyl sites for hydroxylation is 1. The molecule has 5 rings (SSSR count). The van der Waals surface area contributed by atoms with E-state index in [4.69, 9.17) is 4.74 Å². The first kappa shape index (κ1) is 21.1. The minimum absolute atomic E-state index is 0.117. The molecule has 4 aromatic rings. The highest BCUT2D eigenvalue weighted by atomic mass is 19.1. The second-order valence-corrected chi connectivity index (χ2v) is 8.84. The summed E-state index contributed by atoms with van der Waals surface area (Å²) in [7, 11) is 1.87. The summed E-state index contributed by atoms with van der Waals surface area (Å²) >= 11 is 0. The second-order valence-electron chi connectivity index (χ2n) is 8.84. The maximum absolute atomic E-state index is 15.6. The number of halogens is 1. The van der Waals surface area contributed by atoms with E-state index in [0.29, 0.717) is 41.3 Å². The summed E-state index contributed by atoms with van der Waals surface area (Å²) < 4.78 is 23.4. The van der Waals surface area contributed by atoms with Crippen molar-refractivity contribution in [3.63, 3.8) is 0 Å². The number of fused-ring (bicyclic) bond motifs is 2. The Balaban J connectivity index is 1.55. The fourth-order valence-corrected chi connectivity index (χ4v) is 4.22. The summed E-state index contributed by atoms with van der Waals surface area (Å²) in [6.07, 6.45) is 3.60. The first-order chi connectivity index (χ1) is 15.9. The average molecular weight is 445 g/mol. The van der Waals surface area contributed by atoms with Crippen molar-refractivity contribution >= 4 is 16.8 Å². The van der Waals surface area contributed by atoms with E-state index in [1.54, 1.807) is 27.9 Å². The Morgan fingerprint density at radius 3 is 2.76 bits per heavy atom. The molecular weight excluding hydrogens is 419 g/mol. The van der Waals surface area contributed by atoms with Crippen molar-refractivity contribution in [3.8, 4) is 16.9 Å². The van der Waals surface area contributed by atoms with Gasteiger partial charge in [0.2, 0.25) is 0 Å². The zero-order valence-electron chi connectivity index (χ0n) is 18.9. The van der Waals surface area contributed by atoms with E-state index in [-0.39, 0.29) is 18.4 Å². The second kappa shape index (κ2) is 8.31. The van der Waals surface area contributed by atoms with Crippen LogP contribution in [0.4, 0.5) is 4.39 Å². The molecular formula is C26H25FN4O2. The van der Waals surface area contributed by atoms with Gasteiger partial charge in [0.1, 0.15) is 11.6 Å². The van der Waals surface area contributed by atoms with Gasteiger partial charge in [-0.05, 0) is 47.4 Å². The van der Waals surface area contributed by atoms with Gasteiger partial charge in [-0.3, -0.25) is 14.5 Å². The van der Waals surface area contributed by atoms with Gasteiger partial charge in [-0.1, -0.05) is 26.0 Å². The van der Waals surface area contributed by atoms with E-state index >= 15 is 4.39 Å². The Morgan fingerprint density at radius 1 is 1.15 bits per heavy atom. The van der Waals surface area contributed by atoms with Gasteiger partial charge in [-0.2, -0.15) is 5.10 Å². The van der Waals surface area contributed by atoms with Gasteiger partial charge in [-0.15, -0.1) is 0 Å².